The predicted octanol–water partition coefficient (Wildman–Crippen LogP) is 10.4. The minimum absolute atomic E-state index is 0. The smallest absolute Gasteiger partial charge is 0.361 e. The highest BCUT2D eigenvalue weighted by Gasteiger charge is 2.42. The van der Waals surface area contributed by atoms with E-state index in [0.29, 0.717) is 76.1 Å². The number of carboxylic acids is 1. The largest absolute Gasteiger partial charge is 0.480 e. The van der Waals surface area contributed by atoms with Crippen molar-refractivity contribution in [2.24, 2.45) is 0 Å². The number of benzene rings is 6. The van der Waals surface area contributed by atoms with Crippen molar-refractivity contribution in [2.75, 3.05) is 52.5 Å². The van der Waals surface area contributed by atoms with Crippen LogP contribution >= 0.6 is 50.5 Å². The van der Waals surface area contributed by atoms with E-state index >= 15 is 0 Å². The SMILES string of the molecule is CC(=O)c1cn(CC(=O)N2C[C@H](F)C[C@H]2C(=O)NCCc2ccccc2)c2ccc(P(=O)(O)O)cc12.CC(=O)c1cn(CC(=O)O)c2ccc(P(=O)(O)O)cc12.CCOP(=O)(OCC)c1ccc2c(c1)c(C(C)=O)cn2CC(=O)N1C[C@H](F)C[C@H]1C(=O)NCCc1ccccc1.C[Si](C)(C)Br.Cl.O=C(NCCc1ccccc1)[C@@H]1C[C@@H](F)CN1. The monoisotopic (exact) mass is 1810 g/mol. The molecule has 6 heterocycles. The number of aromatic nitrogens is 3. The summed E-state index contributed by atoms with van der Waals surface area (Å²) in [5.41, 5.74) is 5.49. The molecule has 37 heteroatoms. The molecule has 6 aromatic carbocycles. The number of aliphatic carboxylic acids is 1. The molecule has 0 saturated carbocycles. The number of carboxylic acid groups (broad SMARTS) is 1. The average molecular weight is 1810 g/mol. The number of carbonyl (C=O) groups excluding carboxylic acids is 8. The Morgan fingerprint density at radius 3 is 1.11 bits per heavy atom. The summed E-state index contributed by atoms with van der Waals surface area (Å²) < 4.78 is 93.2. The van der Waals surface area contributed by atoms with Crippen LogP contribution in [-0.4, -0.2) is 197 Å². The van der Waals surface area contributed by atoms with Crippen LogP contribution < -0.4 is 37.2 Å². The van der Waals surface area contributed by atoms with Crippen LogP contribution in [0.2, 0.25) is 19.6 Å². The standard InChI is InChI=1S/C29H35FN3O6P.C25H27FN3O6P.C13H17FN2O.C12H12NO6P.C3H9BrSi.ClH/c1-4-38-40(37,39-5-2)23-11-12-26-24(16-23)25(20(3)34)18-32(26)19-28(35)33-17-22(30)15-27(33)29(36)31-14-13-21-9-7-6-8-10-21;1-16(30)21-14-28(22-8-7-19(12-20(21)22)36(33,34)35)15-24(31)29-13-18(26)11-23(29)25(32)27-10-9-17-5-3-2-4-6-17;14-11-8-12(16-9-11)13(17)15-7-6-10-4-2-1-3-5-10;1-7(14)10-5-13(6-12(15)16)11-3-2-8(4-9(10)11)20(17,18)19;1-5(2,3)4;/h6-12,16,18,22,27H,4-5,13-15,17,19H2,1-3H3,(H,31,36);2-8,12,14,18,23H,9-11,13,15H2,1H3,(H,27,32)(H2,33,34,35);1-5,11-12,16H,6-9H2,(H,15,17);2-5H,6H2,1H3,(H,15,16)(H2,17,18,19);1-3H3;1H/t22-,27+;18-,23+;11-,12+;;;/m111.../s1. The molecule has 642 valence electrons. The zero-order chi connectivity index (χ0) is 86.6. The lowest BCUT2D eigenvalue weighted by molar-refractivity contribution is -0.138. The van der Waals surface area contributed by atoms with Crippen molar-refractivity contribution in [1.29, 1.82) is 0 Å². The first-order valence-electron chi connectivity index (χ1n) is 38.2. The third-order valence-corrected chi connectivity index (χ3v) is 23.1. The summed E-state index contributed by atoms with van der Waals surface area (Å²) in [6.45, 7) is 14.2. The van der Waals surface area contributed by atoms with E-state index in [9.17, 15) is 79.8 Å². The van der Waals surface area contributed by atoms with Crippen LogP contribution in [0.3, 0.4) is 0 Å². The quantitative estimate of drug-likeness (QED) is 0.00952. The van der Waals surface area contributed by atoms with Crippen molar-refractivity contribution in [1.82, 2.24) is 44.8 Å². The van der Waals surface area contributed by atoms with Crippen molar-refractivity contribution in [3.8, 4) is 0 Å². The Kier molecular flexibility index (Phi) is 35.9. The predicted molar refractivity (Wildman–Crippen MR) is 458 cm³/mol. The molecule has 9 aromatic rings. The number of likely N-dealkylation sites (tertiary alicyclic amines) is 2. The number of alkyl halides is 3. The second kappa shape index (κ2) is 44.0. The molecule has 3 aliphatic rings. The number of halogens is 5. The molecule has 0 spiro atoms. The van der Waals surface area contributed by atoms with E-state index in [1.54, 1.807) is 42.8 Å². The van der Waals surface area contributed by atoms with Gasteiger partial charge in [0.25, 0.3) is 0 Å². The van der Waals surface area contributed by atoms with Crippen molar-refractivity contribution >= 4 is 159 Å². The molecule has 9 N–H and O–H groups in total. The summed E-state index contributed by atoms with van der Waals surface area (Å²) in [5, 5.41) is 21.1. The first-order chi connectivity index (χ1) is 55.7. The Morgan fingerprint density at radius 1 is 0.487 bits per heavy atom. The molecular weight excluding hydrogens is 1710 g/mol. The zero-order valence-corrected chi connectivity index (χ0v) is 73.1. The second-order valence-electron chi connectivity index (χ2n) is 29.3. The Hall–Kier alpha value is -9.04. The van der Waals surface area contributed by atoms with Gasteiger partial charge in [0.05, 0.1) is 48.3 Å². The Labute approximate surface area is 702 Å². The van der Waals surface area contributed by atoms with Crippen molar-refractivity contribution in [3.05, 3.63) is 198 Å². The van der Waals surface area contributed by atoms with Gasteiger partial charge in [-0.25, -0.2) is 13.2 Å². The molecular formula is C82H101BrClF3N9O19P3Si. The van der Waals surface area contributed by atoms with Crippen molar-refractivity contribution < 1.29 is 104 Å². The number of nitrogens with zero attached hydrogens (tertiary/aromatic N) is 5. The van der Waals surface area contributed by atoms with Crippen molar-refractivity contribution in [3.63, 3.8) is 0 Å². The minimum Gasteiger partial charge on any atom is -0.480 e. The fourth-order valence-electron chi connectivity index (χ4n) is 13.6. The van der Waals surface area contributed by atoms with Crippen LogP contribution in [0.4, 0.5) is 13.2 Å². The van der Waals surface area contributed by atoms with E-state index in [0.717, 1.165) is 17.5 Å². The fourth-order valence-corrected chi connectivity index (χ4v) is 16.3. The summed E-state index contributed by atoms with van der Waals surface area (Å²) in [6.07, 6.45) is 2.99. The van der Waals surface area contributed by atoms with Gasteiger partial charge in [-0.2, -0.15) is 0 Å². The number of nitrogens with one attached hydrogen (secondary N) is 4. The van der Waals surface area contributed by atoms with Gasteiger partial charge in [-0.1, -0.05) is 111 Å². The van der Waals surface area contributed by atoms with Gasteiger partial charge in [0.15, 0.2) is 17.3 Å². The van der Waals surface area contributed by atoms with E-state index in [-0.39, 0.29) is 135 Å². The lowest BCUT2D eigenvalue weighted by atomic mass is 10.1. The second-order valence-corrected chi connectivity index (χ2v) is 45.8. The number of amides is 5. The lowest BCUT2D eigenvalue weighted by Gasteiger charge is -2.24. The number of hydrogen-bond donors (Lipinski definition) is 9. The minimum atomic E-state index is -4.55. The molecule has 0 aliphatic carbocycles. The number of carbonyl (C=O) groups is 9. The van der Waals surface area contributed by atoms with Gasteiger partial charge in [0.1, 0.15) is 56.9 Å². The third kappa shape index (κ3) is 28.0. The molecule has 6 atom stereocenters. The van der Waals surface area contributed by atoms with Crippen LogP contribution in [0.1, 0.15) is 102 Å². The summed E-state index contributed by atoms with van der Waals surface area (Å²) in [5.74, 6) is -3.80. The van der Waals surface area contributed by atoms with Gasteiger partial charge in [-0.05, 0) is 125 Å². The number of ketones is 3. The Morgan fingerprint density at radius 2 is 0.807 bits per heavy atom. The number of fused-ring (bicyclic) bond motifs is 3. The van der Waals surface area contributed by atoms with Crippen LogP contribution in [0.25, 0.3) is 32.7 Å². The molecule has 3 saturated heterocycles. The van der Waals surface area contributed by atoms with Gasteiger partial charge in [-0.3, -0.25) is 56.8 Å². The number of rotatable bonds is 28. The first-order valence-corrected chi connectivity index (χ1v) is 48.7. The maximum Gasteiger partial charge on any atom is 0.361 e. The van der Waals surface area contributed by atoms with E-state index < -0.39 is 89.7 Å². The molecule has 28 nitrogen and oxygen atoms in total. The number of hydrogen-bond acceptors (Lipinski definition) is 15. The molecule has 119 heavy (non-hydrogen) atoms. The summed E-state index contributed by atoms with van der Waals surface area (Å²) in [7, 11) is -12.6. The van der Waals surface area contributed by atoms with Gasteiger partial charge in [0, 0.05) is 113 Å². The fraction of sp³-hybridized carbons (Fsp3) is 0.378. The van der Waals surface area contributed by atoms with E-state index in [4.69, 9.17) is 23.9 Å². The maximum absolute atomic E-state index is 14.4. The highest BCUT2D eigenvalue weighted by Crippen LogP contribution is 2.48. The Balaban J connectivity index is 0.000000225. The van der Waals surface area contributed by atoms with E-state index in [1.165, 1.54) is 94.1 Å². The summed E-state index contributed by atoms with van der Waals surface area (Å²) in [4.78, 5) is 151. The van der Waals surface area contributed by atoms with E-state index in [2.05, 4.69) is 56.2 Å². The van der Waals surface area contributed by atoms with Gasteiger partial charge in [-0.15, -0.1) is 27.7 Å². The van der Waals surface area contributed by atoms with Crippen LogP contribution in [0.5, 0.6) is 0 Å². The lowest BCUT2D eigenvalue weighted by Crippen LogP contribution is -2.47. The van der Waals surface area contributed by atoms with Gasteiger partial charge in [0.2, 0.25) is 29.5 Å². The van der Waals surface area contributed by atoms with Crippen LogP contribution in [-0.2, 0) is 90.4 Å². The average Bonchev–Trinajstić information content (AvgIpc) is 1.69. The molecule has 3 fully saturated rings. The number of Topliss-reactive ketones (excluding diaryl/α,β-unsaturated/α-hetero) is 3. The highest BCUT2D eigenvalue weighted by molar-refractivity contribution is 9.26. The molecule has 12 rings (SSSR count). The van der Waals surface area contributed by atoms with Crippen molar-refractivity contribution in [2.45, 2.75) is 149 Å². The summed E-state index contributed by atoms with van der Waals surface area (Å²) in [6, 6.07) is 39.6. The molecule has 5 amide bonds. The van der Waals surface area contributed by atoms with Crippen LogP contribution in [0, 0.1) is 0 Å². The van der Waals surface area contributed by atoms with Gasteiger partial charge >= 0.3 is 28.8 Å². The highest BCUT2D eigenvalue weighted by atomic mass is 79.9. The third-order valence-electron chi connectivity index (χ3n) is 19.0. The molecule has 0 radical (unpaired) electrons. The normalized spacial score (nSPS) is 17.1. The molecule has 3 aromatic heterocycles. The van der Waals surface area contributed by atoms with E-state index in [1.807, 2.05) is 91.0 Å². The zero-order valence-electron chi connectivity index (χ0n) is 67.0. The maximum atomic E-state index is 14.4. The van der Waals surface area contributed by atoms with Gasteiger partial charge < -0.3 is 78.5 Å². The van der Waals surface area contributed by atoms with Crippen LogP contribution in [0.15, 0.2) is 164 Å². The molecule has 0 unspecified atom stereocenters. The summed E-state index contributed by atoms with van der Waals surface area (Å²) >= 11 is 3.51. The Bertz CT molecular complexity index is 5210. The molecule has 3 aliphatic heterocycles. The first kappa shape index (κ1) is 97.1. The molecule has 0 bridgehead atoms. The topological polar surface area (TPSA) is 394 Å².